The lowest BCUT2D eigenvalue weighted by molar-refractivity contribution is 0.122. The fourth-order valence-electron chi connectivity index (χ4n) is 1.68. The highest BCUT2D eigenvalue weighted by Crippen LogP contribution is 2.16. The summed E-state index contributed by atoms with van der Waals surface area (Å²) in [7, 11) is 1.77. The molecule has 1 rings (SSSR count). The molecule has 1 atom stereocenters. The maximum atomic E-state index is 5.13. The monoisotopic (exact) mass is 155 g/mol. The van der Waals surface area contributed by atoms with Crippen LogP contribution in [0.1, 0.15) is 12.8 Å². The lowest BCUT2D eigenvalue weighted by Gasteiger charge is -2.21. The van der Waals surface area contributed by atoms with Crippen molar-refractivity contribution in [3.8, 4) is 0 Å². The SMILES string of the molecule is C=CCN1CCC[C@H]1COC. The average Bonchev–Trinajstić information content (AvgIpc) is 2.39. The van der Waals surface area contributed by atoms with Crippen molar-refractivity contribution in [2.24, 2.45) is 0 Å². The summed E-state index contributed by atoms with van der Waals surface area (Å²) >= 11 is 0. The Morgan fingerprint density at radius 2 is 2.55 bits per heavy atom. The molecular weight excluding hydrogens is 138 g/mol. The van der Waals surface area contributed by atoms with Crippen LogP contribution in [0.3, 0.4) is 0 Å². The molecular formula is C9H17NO. The van der Waals surface area contributed by atoms with Crippen LogP contribution in [0.4, 0.5) is 0 Å². The van der Waals surface area contributed by atoms with Crippen LogP contribution in [0.2, 0.25) is 0 Å². The fourth-order valence-corrected chi connectivity index (χ4v) is 1.68. The molecule has 0 N–H and O–H groups in total. The summed E-state index contributed by atoms with van der Waals surface area (Å²) in [4.78, 5) is 2.43. The molecule has 0 aromatic rings. The molecule has 0 radical (unpaired) electrons. The Labute approximate surface area is 68.8 Å². The van der Waals surface area contributed by atoms with E-state index < -0.39 is 0 Å². The summed E-state index contributed by atoms with van der Waals surface area (Å²) in [6.07, 6.45) is 4.55. The molecule has 64 valence electrons. The Morgan fingerprint density at radius 3 is 3.18 bits per heavy atom. The smallest absolute Gasteiger partial charge is 0.0618 e. The van der Waals surface area contributed by atoms with Gasteiger partial charge in [0.05, 0.1) is 6.61 Å². The third-order valence-corrected chi connectivity index (χ3v) is 2.22. The van der Waals surface area contributed by atoms with E-state index in [1.807, 2.05) is 6.08 Å². The van der Waals surface area contributed by atoms with E-state index in [2.05, 4.69) is 11.5 Å². The number of likely N-dealkylation sites (tertiary alicyclic amines) is 1. The maximum Gasteiger partial charge on any atom is 0.0618 e. The Balaban J connectivity index is 2.31. The van der Waals surface area contributed by atoms with Crippen LogP contribution in [0.5, 0.6) is 0 Å². The minimum absolute atomic E-state index is 0.637. The van der Waals surface area contributed by atoms with Crippen molar-refractivity contribution in [2.75, 3.05) is 26.8 Å². The standard InChI is InChI=1S/C9H17NO/c1-3-6-10-7-4-5-9(10)8-11-2/h3,9H,1,4-8H2,2H3/t9-/m0/s1. The van der Waals surface area contributed by atoms with Crippen molar-refractivity contribution >= 4 is 0 Å². The van der Waals surface area contributed by atoms with Gasteiger partial charge in [-0.3, -0.25) is 4.90 Å². The first kappa shape index (κ1) is 8.75. The molecule has 0 unspecified atom stereocenters. The molecule has 0 aromatic heterocycles. The van der Waals surface area contributed by atoms with E-state index in [1.54, 1.807) is 7.11 Å². The van der Waals surface area contributed by atoms with Crippen LogP contribution in [0, 0.1) is 0 Å². The fraction of sp³-hybridized carbons (Fsp3) is 0.778. The van der Waals surface area contributed by atoms with Crippen LogP contribution in [-0.4, -0.2) is 37.7 Å². The Bertz CT molecular complexity index is 125. The summed E-state index contributed by atoms with van der Waals surface area (Å²) in [5.41, 5.74) is 0. The van der Waals surface area contributed by atoms with Crippen molar-refractivity contribution < 1.29 is 4.74 Å². The minimum Gasteiger partial charge on any atom is -0.383 e. The number of rotatable bonds is 4. The summed E-state index contributed by atoms with van der Waals surface area (Å²) < 4.78 is 5.13. The molecule has 0 bridgehead atoms. The van der Waals surface area contributed by atoms with Gasteiger partial charge in [0.1, 0.15) is 0 Å². The van der Waals surface area contributed by atoms with Gasteiger partial charge >= 0.3 is 0 Å². The first-order valence-electron chi connectivity index (χ1n) is 4.22. The Kier molecular flexibility index (Phi) is 3.60. The van der Waals surface area contributed by atoms with Crippen molar-refractivity contribution in [3.63, 3.8) is 0 Å². The first-order valence-corrected chi connectivity index (χ1v) is 4.22. The van der Waals surface area contributed by atoms with Crippen LogP contribution >= 0.6 is 0 Å². The molecule has 1 fully saturated rings. The van der Waals surface area contributed by atoms with E-state index in [1.165, 1.54) is 19.4 Å². The van der Waals surface area contributed by atoms with Crippen molar-refractivity contribution in [3.05, 3.63) is 12.7 Å². The second kappa shape index (κ2) is 4.52. The number of hydrogen-bond acceptors (Lipinski definition) is 2. The predicted molar refractivity (Wildman–Crippen MR) is 46.7 cm³/mol. The van der Waals surface area contributed by atoms with Gasteiger partial charge in [0.25, 0.3) is 0 Å². The first-order chi connectivity index (χ1) is 5.38. The van der Waals surface area contributed by atoms with Gasteiger partial charge in [0.15, 0.2) is 0 Å². The van der Waals surface area contributed by atoms with Crippen molar-refractivity contribution in [2.45, 2.75) is 18.9 Å². The zero-order valence-corrected chi connectivity index (χ0v) is 7.25. The third-order valence-electron chi connectivity index (χ3n) is 2.22. The topological polar surface area (TPSA) is 12.5 Å². The number of methoxy groups -OCH3 is 1. The van der Waals surface area contributed by atoms with E-state index >= 15 is 0 Å². The molecule has 2 heteroatoms. The van der Waals surface area contributed by atoms with Gasteiger partial charge in [-0.05, 0) is 19.4 Å². The molecule has 2 nitrogen and oxygen atoms in total. The molecule has 0 spiro atoms. The third kappa shape index (κ3) is 2.31. The normalized spacial score (nSPS) is 25.7. The van der Waals surface area contributed by atoms with E-state index in [4.69, 9.17) is 4.74 Å². The Morgan fingerprint density at radius 1 is 1.73 bits per heavy atom. The quantitative estimate of drug-likeness (QED) is 0.567. The molecule has 1 heterocycles. The van der Waals surface area contributed by atoms with Gasteiger partial charge in [-0.2, -0.15) is 0 Å². The molecule has 1 saturated heterocycles. The molecule has 0 saturated carbocycles. The highest BCUT2D eigenvalue weighted by molar-refractivity contribution is 4.84. The second-order valence-corrected chi connectivity index (χ2v) is 3.04. The highest BCUT2D eigenvalue weighted by atomic mass is 16.5. The van der Waals surface area contributed by atoms with Crippen molar-refractivity contribution in [1.82, 2.24) is 4.90 Å². The largest absolute Gasteiger partial charge is 0.383 e. The van der Waals surface area contributed by atoms with Crippen molar-refractivity contribution in [1.29, 1.82) is 0 Å². The molecule has 1 aliphatic heterocycles. The summed E-state index contributed by atoms with van der Waals surface area (Å²) in [5, 5.41) is 0. The van der Waals surface area contributed by atoms with Crippen LogP contribution in [0.15, 0.2) is 12.7 Å². The van der Waals surface area contributed by atoms with Gasteiger partial charge in [-0.15, -0.1) is 6.58 Å². The maximum absolute atomic E-state index is 5.13. The van der Waals surface area contributed by atoms with E-state index in [0.29, 0.717) is 6.04 Å². The molecule has 1 aliphatic rings. The molecule has 0 amide bonds. The highest BCUT2D eigenvalue weighted by Gasteiger charge is 2.22. The zero-order valence-electron chi connectivity index (χ0n) is 7.25. The summed E-state index contributed by atoms with van der Waals surface area (Å²) in [6, 6.07) is 0.637. The minimum atomic E-state index is 0.637. The van der Waals surface area contributed by atoms with Gasteiger partial charge < -0.3 is 4.74 Å². The van der Waals surface area contributed by atoms with Gasteiger partial charge in [-0.1, -0.05) is 6.08 Å². The number of nitrogens with zero attached hydrogens (tertiary/aromatic N) is 1. The zero-order chi connectivity index (χ0) is 8.10. The predicted octanol–water partition coefficient (Wildman–Crippen LogP) is 1.28. The summed E-state index contributed by atoms with van der Waals surface area (Å²) in [6.45, 7) is 6.82. The van der Waals surface area contributed by atoms with E-state index in [9.17, 15) is 0 Å². The second-order valence-electron chi connectivity index (χ2n) is 3.04. The molecule has 11 heavy (non-hydrogen) atoms. The van der Waals surface area contributed by atoms with E-state index in [-0.39, 0.29) is 0 Å². The lowest BCUT2D eigenvalue weighted by Crippen LogP contribution is -2.32. The summed E-state index contributed by atoms with van der Waals surface area (Å²) in [5.74, 6) is 0. The lowest BCUT2D eigenvalue weighted by atomic mass is 10.2. The number of hydrogen-bond donors (Lipinski definition) is 0. The van der Waals surface area contributed by atoms with Crippen LogP contribution in [0.25, 0.3) is 0 Å². The number of ether oxygens (including phenoxy) is 1. The van der Waals surface area contributed by atoms with Gasteiger partial charge in [0, 0.05) is 19.7 Å². The van der Waals surface area contributed by atoms with E-state index in [0.717, 1.165) is 13.2 Å². The molecule has 0 aromatic carbocycles. The van der Waals surface area contributed by atoms with Gasteiger partial charge in [0.2, 0.25) is 0 Å². The average molecular weight is 155 g/mol. The molecule has 0 aliphatic carbocycles. The van der Waals surface area contributed by atoms with Crippen LogP contribution in [-0.2, 0) is 4.74 Å². The van der Waals surface area contributed by atoms with Gasteiger partial charge in [-0.25, -0.2) is 0 Å². The Hall–Kier alpha value is -0.340. The van der Waals surface area contributed by atoms with Crippen LogP contribution < -0.4 is 0 Å².